The normalized spacial score (nSPS) is 10.7. The van der Waals surface area contributed by atoms with Crippen LogP contribution in [0.5, 0.6) is 17.2 Å². The molecule has 0 aliphatic carbocycles. The van der Waals surface area contributed by atoms with Gasteiger partial charge in [0.15, 0.2) is 11.5 Å². The predicted octanol–water partition coefficient (Wildman–Crippen LogP) is 4.41. The third-order valence-electron chi connectivity index (χ3n) is 3.56. The van der Waals surface area contributed by atoms with Crippen molar-refractivity contribution >= 4 is 33.6 Å². The number of rotatable bonds is 7. The van der Waals surface area contributed by atoms with Gasteiger partial charge in [-0.15, -0.1) is 0 Å². The summed E-state index contributed by atoms with van der Waals surface area (Å²) in [7, 11) is 3.11. The molecule has 0 aliphatic heterocycles. The van der Waals surface area contributed by atoms with E-state index in [1.165, 1.54) is 6.08 Å². The van der Waals surface area contributed by atoms with Gasteiger partial charge in [0.1, 0.15) is 17.4 Å². The largest absolute Gasteiger partial charge is 0.497 e. The van der Waals surface area contributed by atoms with Crippen molar-refractivity contribution in [1.82, 2.24) is 0 Å². The first-order valence-electron chi connectivity index (χ1n) is 8.09. The van der Waals surface area contributed by atoms with Gasteiger partial charge in [-0.1, -0.05) is 0 Å². The third-order valence-corrected chi connectivity index (χ3v) is 4.15. The average Bonchev–Trinajstić information content (AvgIpc) is 2.66. The topological polar surface area (TPSA) is 80.6 Å². The van der Waals surface area contributed by atoms with Crippen LogP contribution in [-0.4, -0.2) is 26.7 Å². The van der Waals surface area contributed by atoms with E-state index in [-0.39, 0.29) is 5.57 Å². The maximum absolute atomic E-state index is 12.4. The number of ether oxygens (including phenoxy) is 3. The fourth-order valence-corrected chi connectivity index (χ4v) is 2.94. The minimum absolute atomic E-state index is 0.0367. The van der Waals surface area contributed by atoms with Crippen LogP contribution in [0.3, 0.4) is 0 Å². The third kappa shape index (κ3) is 5.25. The van der Waals surface area contributed by atoms with Crippen LogP contribution < -0.4 is 19.5 Å². The molecule has 0 saturated heterocycles. The summed E-state index contributed by atoms with van der Waals surface area (Å²) in [4.78, 5) is 12.4. The number of nitriles is 1. The molecule has 0 fully saturated rings. The number of hydrogen-bond acceptors (Lipinski definition) is 5. The SMILES string of the molecule is CCOc1cc(/C=C(\C#N)C(=O)Nc2ccc(OC)cc2)cc(Br)c1OC. The summed E-state index contributed by atoms with van der Waals surface area (Å²) in [5, 5.41) is 12.1. The Kier molecular flexibility index (Phi) is 7.26. The molecular weight excluding hydrogens is 412 g/mol. The Labute approximate surface area is 166 Å². The summed E-state index contributed by atoms with van der Waals surface area (Å²) in [5.74, 6) is 1.24. The van der Waals surface area contributed by atoms with Crippen LogP contribution in [-0.2, 0) is 4.79 Å². The highest BCUT2D eigenvalue weighted by molar-refractivity contribution is 9.10. The molecule has 0 atom stereocenters. The highest BCUT2D eigenvalue weighted by Crippen LogP contribution is 2.37. The molecule has 0 saturated carbocycles. The van der Waals surface area contributed by atoms with Gasteiger partial charge in [-0.05, 0) is 70.9 Å². The number of halogens is 1. The minimum Gasteiger partial charge on any atom is -0.497 e. The van der Waals surface area contributed by atoms with Crippen molar-refractivity contribution in [3.8, 4) is 23.3 Å². The highest BCUT2D eigenvalue weighted by atomic mass is 79.9. The molecule has 27 heavy (non-hydrogen) atoms. The summed E-state index contributed by atoms with van der Waals surface area (Å²) >= 11 is 3.41. The Balaban J connectivity index is 2.28. The zero-order valence-electron chi connectivity index (χ0n) is 15.2. The van der Waals surface area contributed by atoms with Gasteiger partial charge < -0.3 is 19.5 Å². The molecule has 0 aromatic heterocycles. The number of nitrogens with zero attached hydrogens (tertiary/aromatic N) is 1. The molecule has 1 amide bonds. The number of anilines is 1. The van der Waals surface area contributed by atoms with Crippen LogP contribution in [0.2, 0.25) is 0 Å². The second kappa shape index (κ2) is 9.64. The summed E-state index contributed by atoms with van der Waals surface area (Å²) in [6.45, 7) is 2.32. The Morgan fingerprint density at radius 3 is 2.48 bits per heavy atom. The minimum atomic E-state index is -0.507. The van der Waals surface area contributed by atoms with Crippen molar-refractivity contribution in [2.75, 3.05) is 26.1 Å². The van der Waals surface area contributed by atoms with Crippen molar-refractivity contribution in [2.24, 2.45) is 0 Å². The summed E-state index contributed by atoms with van der Waals surface area (Å²) in [6, 6.07) is 12.2. The van der Waals surface area contributed by atoms with Crippen molar-refractivity contribution in [2.45, 2.75) is 6.92 Å². The Bertz CT molecular complexity index is 886. The molecule has 2 aromatic rings. The number of amides is 1. The number of methoxy groups -OCH3 is 2. The molecule has 0 radical (unpaired) electrons. The van der Waals surface area contributed by atoms with Crippen LogP contribution in [0.25, 0.3) is 6.08 Å². The summed E-state index contributed by atoms with van der Waals surface area (Å²) < 4.78 is 16.6. The van der Waals surface area contributed by atoms with Gasteiger partial charge in [-0.3, -0.25) is 4.79 Å². The Morgan fingerprint density at radius 1 is 1.22 bits per heavy atom. The average molecular weight is 431 g/mol. The van der Waals surface area contributed by atoms with E-state index in [0.717, 1.165) is 0 Å². The lowest BCUT2D eigenvalue weighted by atomic mass is 10.1. The second-order valence-electron chi connectivity index (χ2n) is 5.32. The molecular formula is C20H19BrN2O4. The van der Waals surface area contributed by atoms with E-state index in [9.17, 15) is 10.1 Å². The Morgan fingerprint density at radius 2 is 1.93 bits per heavy atom. The van der Waals surface area contributed by atoms with Crippen LogP contribution in [0.15, 0.2) is 46.4 Å². The summed E-state index contributed by atoms with van der Waals surface area (Å²) in [5.41, 5.74) is 1.16. The number of benzene rings is 2. The number of hydrogen-bond donors (Lipinski definition) is 1. The molecule has 2 aromatic carbocycles. The molecule has 6 nitrogen and oxygen atoms in total. The fraction of sp³-hybridized carbons (Fsp3) is 0.200. The van der Waals surface area contributed by atoms with Gasteiger partial charge in [-0.2, -0.15) is 5.26 Å². The first kappa shape index (κ1) is 20.3. The zero-order chi connectivity index (χ0) is 19.8. The van der Waals surface area contributed by atoms with Crippen LogP contribution in [0.4, 0.5) is 5.69 Å². The van der Waals surface area contributed by atoms with Gasteiger partial charge in [0.25, 0.3) is 5.91 Å². The van der Waals surface area contributed by atoms with Crippen molar-refractivity contribution in [3.05, 3.63) is 52.0 Å². The van der Waals surface area contributed by atoms with Crippen LogP contribution >= 0.6 is 15.9 Å². The Hall–Kier alpha value is -2.98. The monoisotopic (exact) mass is 430 g/mol. The zero-order valence-corrected chi connectivity index (χ0v) is 16.8. The lowest BCUT2D eigenvalue weighted by Crippen LogP contribution is -2.13. The first-order valence-corrected chi connectivity index (χ1v) is 8.89. The van der Waals surface area contributed by atoms with E-state index in [1.54, 1.807) is 50.6 Å². The number of carbonyl (C=O) groups is 1. The van der Waals surface area contributed by atoms with Gasteiger partial charge in [0, 0.05) is 5.69 Å². The van der Waals surface area contributed by atoms with E-state index in [1.807, 2.05) is 13.0 Å². The van der Waals surface area contributed by atoms with E-state index < -0.39 is 5.91 Å². The molecule has 7 heteroatoms. The molecule has 0 spiro atoms. The quantitative estimate of drug-likeness (QED) is 0.519. The lowest BCUT2D eigenvalue weighted by molar-refractivity contribution is -0.112. The molecule has 0 bridgehead atoms. The van der Waals surface area contributed by atoms with Crippen molar-refractivity contribution in [1.29, 1.82) is 5.26 Å². The molecule has 1 N–H and O–H groups in total. The highest BCUT2D eigenvalue weighted by Gasteiger charge is 2.13. The van der Waals surface area contributed by atoms with Gasteiger partial charge in [-0.25, -0.2) is 0 Å². The lowest BCUT2D eigenvalue weighted by Gasteiger charge is -2.12. The van der Waals surface area contributed by atoms with Crippen molar-refractivity contribution < 1.29 is 19.0 Å². The van der Waals surface area contributed by atoms with Crippen molar-refractivity contribution in [3.63, 3.8) is 0 Å². The van der Waals surface area contributed by atoms with E-state index in [0.29, 0.717) is 39.6 Å². The molecule has 140 valence electrons. The van der Waals surface area contributed by atoms with Gasteiger partial charge in [0.05, 0.1) is 25.3 Å². The fourth-order valence-electron chi connectivity index (χ4n) is 2.32. The molecule has 0 aliphatic rings. The van der Waals surface area contributed by atoms with Gasteiger partial charge in [0.2, 0.25) is 0 Å². The number of nitrogens with one attached hydrogen (secondary N) is 1. The molecule has 0 heterocycles. The van der Waals surface area contributed by atoms with E-state index >= 15 is 0 Å². The van der Waals surface area contributed by atoms with Crippen LogP contribution in [0, 0.1) is 11.3 Å². The van der Waals surface area contributed by atoms with Gasteiger partial charge >= 0.3 is 0 Å². The standard InChI is InChI=1S/C20H19BrN2O4/c1-4-27-18-11-13(10-17(21)19(18)26-3)9-14(12-22)20(24)23-15-5-7-16(25-2)8-6-15/h5-11H,4H2,1-3H3,(H,23,24)/b14-9+. The predicted molar refractivity (Wildman–Crippen MR) is 107 cm³/mol. The molecule has 2 rings (SSSR count). The van der Waals surface area contributed by atoms with E-state index in [2.05, 4.69) is 21.2 Å². The summed E-state index contributed by atoms with van der Waals surface area (Å²) in [6.07, 6.45) is 1.49. The maximum atomic E-state index is 12.4. The van der Waals surface area contributed by atoms with Crippen LogP contribution in [0.1, 0.15) is 12.5 Å². The smallest absolute Gasteiger partial charge is 0.266 e. The maximum Gasteiger partial charge on any atom is 0.266 e. The molecule has 0 unspecified atom stereocenters. The second-order valence-corrected chi connectivity index (χ2v) is 6.17. The van der Waals surface area contributed by atoms with E-state index in [4.69, 9.17) is 14.2 Å². The first-order chi connectivity index (χ1) is 13.0. The number of carbonyl (C=O) groups excluding carboxylic acids is 1.